The van der Waals surface area contributed by atoms with E-state index in [0.717, 1.165) is 15.4 Å². The van der Waals surface area contributed by atoms with E-state index in [-0.39, 0.29) is 10.5 Å². The SMILES string of the molecule is Cc1ccc(S(=O)(=O)C(C)(CC(=O)c2ccc(S)cc2)C(=O)c2ccc(Sc3ccccc3)cc2)cc1. The average molecular weight is 547 g/mol. The highest BCUT2D eigenvalue weighted by atomic mass is 32.2. The van der Waals surface area contributed by atoms with E-state index >= 15 is 0 Å². The van der Waals surface area contributed by atoms with Crippen LogP contribution in [0.5, 0.6) is 0 Å². The van der Waals surface area contributed by atoms with E-state index < -0.39 is 32.6 Å². The monoisotopic (exact) mass is 546 g/mol. The molecule has 0 aliphatic heterocycles. The van der Waals surface area contributed by atoms with Crippen molar-refractivity contribution in [2.45, 2.75) is 44.6 Å². The standard InChI is InChI=1S/C30H26O4S3/c1-21-8-18-27(19-9-21)37(33,34)30(2,20-28(31)22-10-14-24(35)15-11-22)29(32)23-12-16-26(17-13-23)36-25-6-4-3-5-7-25/h3-19,35H,20H2,1-2H3. The molecule has 0 fully saturated rings. The Labute approximate surface area is 227 Å². The number of sulfone groups is 1. The van der Waals surface area contributed by atoms with Crippen LogP contribution in [0.15, 0.2) is 123 Å². The van der Waals surface area contributed by atoms with Gasteiger partial charge in [-0.05, 0) is 62.4 Å². The molecule has 0 amide bonds. The van der Waals surface area contributed by atoms with Gasteiger partial charge in [0.2, 0.25) is 0 Å². The lowest BCUT2D eigenvalue weighted by molar-refractivity contribution is 0.0879. The van der Waals surface area contributed by atoms with Crippen molar-refractivity contribution in [1.82, 2.24) is 0 Å². The van der Waals surface area contributed by atoms with Crippen LogP contribution >= 0.6 is 24.4 Å². The first-order valence-electron chi connectivity index (χ1n) is 11.6. The number of ketones is 2. The van der Waals surface area contributed by atoms with Crippen molar-refractivity contribution in [3.05, 3.63) is 120 Å². The molecule has 0 saturated carbocycles. The molecule has 4 aromatic carbocycles. The van der Waals surface area contributed by atoms with Gasteiger partial charge in [0.25, 0.3) is 0 Å². The third-order valence-corrected chi connectivity index (χ3v) is 9.91. The molecule has 0 spiro atoms. The Bertz CT molecular complexity index is 1510. The highest BCUT2D eigenvalue weighted by Gasteiger charge is 2.48. The normalized spacial score (nSPS) is 13.1. The number of carbonyl (C=O) groups excluding carboxylic acids is 2. The molecule has 0 saturated heterocycles. The smallest absolute Gasteiger partial charge is 0.191 e. The molecule has 1 unspecified atom stereocenters. The van der Waals surface area contributed by atoms with Crippen molar-refractivity contribution >= 4 is 45.8 Å². The molecule has 0 N–H and O–H groups in total. The van der Waals surface area contributed by atoms with Gasteiger partial charge in [-0.15, -0.1) is 12.6 Å². The summed E-state index contributed by atoms with van der Waals surface area (Å²) < 4.78 is 25.8. The zero-order valence-corrected chi connectivity index (χ0v) is 22.9. The average Bonchev–Trinajstić information content (AvgIpc) is 2.89. The second-order valence-electron chi connectivity index (χ2n) is 8.96. The van der Waals surface area contributed by atoms with E-state index in [2.05, 4.69) is 12.6 Å². The minimum Gasteiger partial charge on any atom is -0.294 e. The lowest BCUT2D eigenvalue weighted by atomic mass is 9.91. The maximum absolute atomic E-state index is 13.9. The number of hydrogen-bond acceptors (Lipinski definition) is 6. The highest BCUT2D eigenvalue weighted by Crippen LogP contribution is 2.35. The van der Waals surface area contributed by atoms with E-state index in [1.54, 1.807) is 60.7 Å². The first-order chi connectivity index (χ1) is 17.6. The van der Waals surface area contributed by atoms with Gasteiger partial charge in [-0.1, -0.05) is 71.9 Å². The van der Waals surface area contributed by atoms with Crippen LogP contribution < -0.4 is 0 Å². The molecule has 0 aliphatic carbocycles. The van der Waals surface area contributed by atoms with E-state index in [1.165, 1.54) is 30.8 Å². The summed E-state index contributed by atoms with van der Waals surface area (Å²) in [6, 6.07) is 29.4. The molecule has 0 radical (unpaired) electrons. The Morgan fingerprint density at radius 1 is 0.757 bits per heavy atom. The van der Waals surface area contributed by atoms with E-state index in [9.17, 15) is 18.0 Å². The van der Waals surface area contributed by atoms with Gasteiger partial charge in [0, 0.05) is 32.2 Å². The van der Waals surface area contributed by atoms with Crippen LogP contribution in [-0.4, -0.2) is 24.7 Å². The molecule has 0 bridgehead atoms. The second kappa shape index (κ2) is 11.1. The number of rotatable bonds is 9. The Kier molecular flexibility index (Phi) is 8.07. The predicted molar refractivity (Wildman–Crippen MR) is 151 cm³/mol. The lowest BCUT2D eigenvalue weighted by Gasteiger charge is -2.28. The summed E-state index contributed by atoms with van der Waals surface area (Å²) in [7, 11) is -4.23. The van der Waals surface area contributed by atoms with Crippen LogP contribution in [0.1, 0.15) is 39.6 Å². The summed E-state index contributed by atoms with van der Waals surface area (Å²) in [4.78, 5) is 29.8. The minimum absolute atomic E-state index is 0.00343. The van der Waals surface area contributed by atoms with Gasteiger partial charge in [-0.2, -0.15) is 0 Å². The Morgan fingerprint density at radius 3 is 1.89 bits per heavy atom. The van der Waals surface area contributed by atoms with Crippen molar-refractivity contribution in [2.75, 3.05) is 0 Å². The summed E-state index contributed by atoms with van der Waals surface area (Å²) in [5, 5.41) is 0. The number of hydrogen-bond donors (Lipinski definition) is 1. The van der Waals surface area contributed by atoms with E-state index in [1.807, 2.05) is 37.3 Å². The fraction of sp³-hybridized carbons (Fsp3) is 0.133. The van der Waals surface area contributed by atoms with Crippen molar-refractivity contribution in [3.8, 4) is 0 Å². The van der Waals surface area contributed by atoms with Crippen LogP contribution in [-0.2, 0) is 9.84 Å². The number of Topliss-reactive ketones (excluding diaryl/α,β-unsaturated/α-hetero) is 2. The molecule has 188 valence electrons. The molecule has 0 aliphatic rings. The van der Waals surface area contributed by atoms with Crippen molar-refractivity contribution in [1.29, 1.82) is 0 Å². The van der Waals surface area contributed by atoms with E-state index in [4.69, 9.17) is 0 Å². The van der Waals surface area contributed by atoms with Crippen LogP contribution in [0.4, 0.5) is 0 Å². The molecule has 0 aromatic heterocycles. The summed E-state index contributed by atoms with van der Waals surface area (Å²) in [5.74, 6) is -1.06. The van der Waals surface area contributed by atoms with Crippen molar-refractivity contribution < 1.29 is 18.0 Å². The molecular weight excluding hydrogens is 521 g/mol. The van der Waals surface area contributed by atoms with Crippen molar-refractivity contribution in [3.63, 3.8) is 0 Å². The summed E-state index contributed by atoms with van der Waals surface area (Å²) in [6.07, 6.45) is -0.492. The lowest BCUT2D eigenvalue weighted by Crippen LogP contribution is -2.45. The number of thiol groups is 1. The minimum atomic E-state index is -4.23. The Hall–Kier alpha value is -3.13. The third kappa shape index (κ3) is 5.90. The quantitative estimate of drug-likeness (QED) is 0.179. The van der Waals surface area contributed by atoms with Gasteiger partial charge < -0.3 is 0 Å². The first-order valence-corrected chi connectivity index (χ1v) is 14.4. The van der Waals surface area contributed by atoms with Gasteiger partial charge in [0.15, 0.2) is 21.4 Å². The fourth-order valence-electron chi connectivity index (χ4n) is 3.93. The zero-order valence-electron chi connectivity index (χ0n) is 20.4. The van der Waals surface area contributed by atoms with Crippen LogP contribution in [0.25, 0.3) is 0 Å². The van der Waals surface area contributed by atoms with Crippen molar-refractivity contribution in [2.24, 2.45) is 0 Å². The summed E-state index contributed by atoms with van der Waals surface area (Å²) in [5.41, 5.74) is 1.45. The van der Waals surface area contributed by atoms with Gasteiger partial charge in [0.05, 0.1) is 4.90 Å². The second-order valence-corrected chi connectivity index (χ2v) is 13.0. The summed E-state index contributed by atoms with van der Waals surface area (Å²) >= 11 is 5.78. The Balaban J connectivity index is 1.71. The van der Waals surface area contributed by atoms with Gasteiger partial charge in [-0.25, -0.2) is 8.42 Å². The maximum Gasteiger partial charge on any atom is 0.191 e. The maximum atomic E-state index is 13.9. The molecule has 37 heavy (non-hydrogen) atoms. The zero-order chi connectivity index (χ0) is 26.6. The molecule has 1 atom stereocenters. The Morgan fingerprint density at radius 2 is 1.30 bits per heavy atom. The molecule has 7 heteroatoms. The third-order valence-electron chi connectivity index (χ3n) is 6.19. The molecule has 4 nitrogen and oxygen atoms in total. The van der Waals surface area contributed by atoms with Gasteiger partial charge in [0.1, 0.15) is 4.75 Å². The van der Waals surface area contributed by atoms with Crippen LogP contribution in [0.3, 0.4) is 0 Å². The molecule has 0 heterocycles. The highest BCUT2D eigenvalue weighted by molar-refractivity contribution is 7.99. The largest absolute Gasteiger partial charge is 0.294 e. The number of benzene rings is 4. The number of aryl methyl sites for hydroxylation is 1. The number of carbonyl (C=O) groups is 2. The van der Waals surface area contributed by atoms with Crippen LogP contribution in [0, 0.1) is 6.92 Å². The molecular formula is C30H26O4S3. The fourth-order valence-corrected chi connectivity index (χ4v) is 6.62. The first kappa shape index (κ1) is 26.9. The van der Waals surface area contributed by atoms with E-state index in [0.29, 0.717) is 10.5 Å². The predicted octanol–water partition coefficient (Wildman–Crippen LogP) is 7.12. The van der Waals surface area contributed by atoms with Gasteiger partial charge in [-0.3, -0.25) is 9.59 Å². The molecule has 4 aromatic rings. The van der Waals surface area contributed by atoms with Gasteiger partial charge >= 0.3 is 0 Å². The molecule has 4 rings (SSSR count). The van der Waals surface area contributed by atoms with Crippen LogP contribution in [0.2, 0.25) is 0 Å². The summed E-state index contributed by atoms with van der Waals surface area (Å²) in [6.45, 7) is 3.20. The topological polar surface area (TPSA) is 68.3 Å².